The first kappa shape index (κ1) is 19.1. The fourth-order valence-electron chi connectivity index (χ4n) is 4.43. The van der Waals surface area contributed by atoms with Crippen molar-refractivity contribution in [2.24, 2.45) is 5.92 Å². The highest BCUT2D eigenvalue weighted by Gasteiger charge is 2.24. The predicted octanol–water partition coefficient (Wildman–Crippen LogP) is 4.08. The fourth-order valence-corrected chi connectivity index (χ4v) is 4.43. The number of hydrogen-bond acceptors (Lipinski definition) is 3. The Hall–Kier alpha value is -2.20. The Morgan fingerprint density at radius 2 is 1.64 bits per heavy atom. The third-order valence-electron chi connectivity index (χ3n) is 6.21. The number of aryl methyl sites for hydroxylation is 1. The molecule has 0 radical (unpaired) electrons. The van der Waals surface area contributed by atoms with Crippen LogP contribution in [0.2, 0.25) is 0 Å². The van der Waals surface area contributed by atoms with Gasteiger partial charge in [0.25, 0.3) is 5.91 Å². The molecule has 0 atom stereocenters. The molecule has 1 aromatic heterocycles. The summed E-state index contributed by atoms with van der Waals surface area (Å²) in [6, 6.07) is 13.0. The molecule has 0 bridgehead atoms. The van der Waals surface area contributed by atoms with Crippen molar-refractivity contribution in [3.63, 3.8) is 0 Å². The van der Waals surface area contributed by atoms with Gasteiger partial charge in [0, 0.05) is 31.5 Å². The number of amides is 1. The Morgan fingerprint density at radius 3 is 2.29 bits per heavy atom. The quantitative estimate of drug-likeness (QED) is 0.788. The van der Waals surface area contributed by atoms with Gasteiger partial charge in [-0.1, -0.05) is 24.3 Å². The molecule has 0 unspecified atom stereocenters. The van der Waals surface area contributed by atoms with Crippen molar-refractivity contribution in [1.29, 1.82) is 0 Å². The number of carbonyl (C=O) groups excluding carboxylic acids is 1. The lowest BCUT2D eigenvalue weighted by Crippen LogP contribution is -2.39. The van der Waals surface area contributed by atoms with E-state index in [2.05, 4.69) is 34.1 Å². The summed E-state index contributed by atoms with van der Waals surface area (Å²) in [5, 5.41) is 0. The second kappa shape index (κ2) is 8.87. The number of carbonyl (C=O) groups is 1. The van der Waals surface area contributed by atoms with Gasteiger partial charge in [-0.05, 0) is 81.3 Å². The van der Waals surface area contributed by atoms with Gasteiger partial charge in [0.05, 0.1) is 5.56 Å². The first-order chi connectivity index (χ1) is 13.7. The van der Waals surface area contributed by atoms with Crippen LogP contribution in [0.5, 0.6) is 0 Å². The highest BCUT2D eigenvalue weighted by Crippen LogP contribution is 2.23. The van der Waals surface area contributed by atoms with Crippen LogP contribution in [-0.2, 0) is 13.0 Å². The molecule has 0 aliphatic carbocycles. The number of hydrogen-bond donors (Lipinski definition) is 0. The summed E-state index contributed by atoms with van der Waals surface area (Å²) in [6.07, 6.45) is 7.69. The lowest BCUT2D eigenvalue weighted by molar-refractivity contribution is 0.0690. The average molecular weight is 378 g/mol. The molecule has 0 saturated carbocycles. The molecule has 3 heterocycles. The van der Waals surface area contributed by atoms with Crippen molar-refractivity contribution in [3.8, 4) is 0 Å². The monoisotopic (exact) mass is 377 g/mol. The van der Waals surface area contributed by atoms with Crippen molar-refractivity contribution < 1.29 is 4.79 Å². The molecule has 28 heavy (non-hydrogen) atoms. The molecule has 1 aromatic carbocycles. The van der Waals surface area contributed by atoms with Gasteiger partial charge in [0.1, 0.15) is 0 Å². The first-order valence-corrected chi connectivity index (χ1v) is 10.7. The number of likely N-dealkylation sites (tertiary alicyclic amines) is 2. The Balaban J connectivity index is 1.26. The van der Waals surface area contributed by atoms with Gasteiger partial charge < -0.3 is 4.90 Å². The molecular formula is C24H31N3O. The van der Waals surface area contributed by atoms with Crippen molar-refractivity contribution in [3.05, 3.63) is 65.0 Å². The molecule has 1 amide bonds. The van der Waals surface area contributed by atoms with Crippen LogP contribution in [0.15, 0.2) is 42.6 Å². The maximum absolute atomic E-state index is 12.6. The summed E-state index contributed by atoms with van der Waals surface area (Å²) in [5.41, 5.74) is 4.51. The second-order valence-electron chi connectivity index (χ2n) is 8.43. The number of benzene rings is 1. The van der Waals surface area contributed by atoms with E-state index in [1.165, 1.54) is 37.1 Å². The summed E-state index contributed by atoms with van der Waals surface area (Å²) in [4.78, 5) is 21.4. The average Bonchev–Trinajstić information content (AvgIpc) is 3.23. The van der Waals surface area contributed by atoms with Crippen molar-refractivity contribution >= 4 is 5.91 Å². The standard InChI is InChI=1S/C24H31N3O/c1-19-4-9-23(17-25-19)24(28)27-14-10-21(11-15-27)16-20-5-7-22(8-6-20)18-26-12-2-3-13-26/h4-9,17,21H,2-3,10-16,18H2,1H3. The highest BCUT2D eigenvalue weighted by molar-refractivity contribution is 5.93. The van der Waals surface area contributed by atoms with E-state index in [4.69, 9.17) is 0 Å². The SMILES string of the molecule is Cc1ccc(C(=O)N2CCC(Cc3ccc(CN4CCCC4)cc3)CC2)cn1. The van der Waals surface area contributed by atoms with E-state index in [1.54, 1.807) is 6.20 Å². The van der Waals surface area contributed by atoms with Gasteiger partial charge in [0.15, 0.2) is 0 Å². The minimum Gasteiger partial charge on any atom is -0.339 e. The molecule has 4 nitrogen and oxygen atoms in total. The number of aromatic nitrogens is 1. The summed E-state index contributed by atoms with van der Waals surface area (Å²) >= 11 is 0. The number of piperidine rings is 1. The maximum Gasteiger partial charge on any atom is 0.255 e. The van der Waals surface area contributed by atoms with Crippen LogP contribution in [0, 0.1) is 12.8 Å². The van der Waals surface area contributed by atoms with Gasteiger partial charge in [0.2, 0.25) is 0 Å². The second-order valence-corrected chi connectivity index (χ2v) is 8.43. The summed E-state index contributed by atoms with van der Waals surface area (Å²) in [6.45, 7) is 7.23. The lowest BCUT2D eigenvalue weighted by Gasteiger charge is -2.32. The van der Waals surface area contributed by atoms with Crippen LogP contribution in [0.3, 0.4) is 0 Å². The lowest BCUT2D eigenvalue weighted by atomic mass is 9.89. The molecule has 2 saturated heterocycles. The smallest absolute Gasteiger partial charge is 0.255 e. The Bertz CT molecular complexity index is 771. The van der Waals surface area contributed by atoms with E-state index in [9.17, 15) is 4.79 Å². The van der Waals surface area contributed by atoms with Crippen molar-refractivity contribution in [1.82, 2.24) is 14.8 Å². The van der Waals surface area contributed by atoms with E-state index in [0.29, 0.717) is 11.5 Å². The molecule has 4 rings (SSSR count). The Kier molecular flexibility index (Phi) is 6.06. The van der Waals surface area contributed by atoms with Crippen LogP contribution in [0.1, 0.15) is 52.9 Å². The molecule has 148 valence electrons. The maximum atomic E-state index is 12.6. The van der Waals surface area contributed by atoms with Crippen LogP contribution in [0.25, 0.3) is 0 Å². The number of pyridine rings is 1. The third kappa shape index (κ3) is 4.79. The zero-order valence-corrected chi connectivity index (χ0v) is 16.9. The zero-order valence-electron chi connectivity index (χ0n) is 16.9. The summed E-state index contributed by atoms with van der Waals surface area (Å²) < 4.78 is 0. The molecule has 0 spiro atoms. The largest absolute Gasteiger partial charge is 0.339 e. The molecule has 2 aromatic rings. The van der Waals surface area contributed by atoms with Crippen LogP contribution in [-0.4, -0.2) is 46.9 Å². The van der Waals surface area contributed by atoms with Gasteiger partial charge >= 0.3 is 0 Å². The van der Waals surface area contributed by atoms with E-state index < -0.39 is 0 Å². The van der Waals surface area contributed by atoms with Crippen LogP contribution >= 0.6 is 0 Å². The first-order valence-electron chi connectivity index (χ1n) is 10.7. The molecule has 2 aliphatic rings. The van der Waals surface area contributed by atoms with E-state index >= 15 is 0 Å². The normalized spacial score (nSPS) is 18.5. The van der Waals surface area contributed by atoms with E-state index in [0.717, 1.165) is 44.6 Å². The zero-order chi connectivity index (χ0) is 19.3. The van der Waals surface area contributed by atoms with E-state index in [1.807, 2.05) is 24.0 Å². The number of nitrogens with zero attached hydrogens (tertiary/aromatic N) is 3. The summed E-state index contributed by atoms with van der Waals surface area (Å²) in [7, 11) is 0. The van der Waals surface area contributed by atoms with Gasteiger partial charge in [-0.2, -0.15) is 0 Å². The van der Waals surface area contributed by atoms with Gasteiger partial charge in [-0.25, -0.2) is 0 Å². The van der Waals surface area contributed by atoms with Gasteiger partial charge in [-0.15, -0.1) is 0 Å². The molecule has 2 aliphatic heterocycles. The van der Waals surface area contributed by atoms with Crippen molar-refractivity contribution in [2.45, 2.75) is 45.6 Å². The Labute approximate surface area is 168 Å². The molecule has 2 fully saturated rings. The minimum atomic E-state index is 0.122. The van der Waals surface area contributed by atoms with Crippen LogP contribution < -0.4 is 0 Å². The Morgan fingerprint density at radius 1 is 0.964 bits per heavy atom. The third-order valence-corrected chi connectivity index (χ3v) is 6.21. The number of rotatable bonds is 5. The predicted molar refractivity (Wildman–Crippen MR) is 112 cm³/mol. The summed E-state index contributed by atoms with van der Waals surface area (Å²) in [5.74, 6) is 0.793. The molecule has 4 heteroatoms. The van der Waals surface area contributed by atoms with Crippen LogP contribution in [0.4, 0.5) is 0 Å². The minimum absolute atomic E-state index is 0.122. The molecular weight excluding hydrogens is 346 g/mol. The topological polar surface area (TPSA) is 36.4 Å². The van der Waals surface area contributed by atoms with E-state index in [-0.39, 0.29) is 5.91 Å². The fraction of sp³-hybridized carbons (Fsp3) is 0.500. The van der Waals surface area contributed by atoms with Gasteiger partial charge in [-0.3, -0.25) is 14.7 Å². The highest BCUT2D eigenvalue weighted by atomic mass is 16.2. The molecule has 0 N–H and O–H groups in total. The van der Waals surface area contributed by atoms with Crippen molar-refractivity contribution in [2.75, 3.05) is 26.2 Å².